The van der Waals surface area contributed by atoms with Gasteiger partial charge in [-0.05, 0) is 24.3 Å². The standard InChI is InChI=1S/C22H18N2O6/c1-23-5-6-24-15-4-3-12(29-2)9-13(15)14(20(24)22(23)28)10-18-21(27)19-16(26)7-11(25)8-17(19)30-18/h3-4,7-10,25-26H,5-6H2,1-2H3/b18-10+. The van der Waals surface area contributed by atoms with Gasteiger partial charge in [0.05, 0.1) is 7.11 Å². The predicted molar refractivity (Wildman–Crippen MR) is 108 cm³/mol. The molecule has 0 unspecified atom stereocenters. The lowest BCUT2D eigenvalue weighted by atomic mass is 10.0. The number of nitrogens with zero attached hydrogens (tertiary/aromatic N) is 2. The number of ketones is 1. The van der Waals surface area contributed by atoms with E-state index in [0.29, 0.717) is 30.1 Å². The summed E-state index contributed by atoms with van der Waals surface area (Å²) in [7, 11) is 3.29. The van der Waals surface area contributed by atoms with Crippen molar-refractivity contribution in [2.24, 2.45) is 0 Å². The van der Waals surface area contributed by atoms with E-state index in [4.69, 9.17) is 9.47 Å². The van der Waals surface area contributed by atoms with E-state index in [9.17, 15) is 19.8 Å². The maximum Gasteiger partial charge on any atom is 0.270 e. The number of phenols is 2. The summed E-state index contributed by atoms with van der Waals surface area (Å²) >= 11 is 0. The summed E-state index contributed by atoms with van der Waals surface area (Å²) in [5.74, 6) is -0.599. The highest BCUT2D eigenvalue weighted by atomic mass is 16.5. The first-order valence-electron chi connectivity index (χ1n) is 9.35. The van der Waals surface area contributed by atoms with Crippen LogP contribution < -0.4 is 9.47 Å². The van der Waals surface area contributed by atoms with Crippen LogP contribution in [0, 0.1) is 0 Å². The number of rotatable bonds is 2. The predicted octanol–water partition coefficient (Wildman–Crippen LogP) is 2.76. The molecule has 0 fully saturated rings. The van der Waals surface area contributed by atoms with Gasteiger partial charge in [-0.15, -0.1) is 0 Å². The van der Waals surface area contributed by atoms with Crippen molar-refractivity contribution in [2.75, 3.05) is 20.7 Å². The lowest BCUT2D eigenvalue weighted by Crippen LogP contribution is -2.37. The minimum Gasteiger partial charge on any atom is -0.508 e. The van der Waals surface area contributed by atoms with E-state index in [1.54, 1.807) is 19.1 Å². The van der Waals surface area contributed by atoms with E-state index in [-0.39, 0.29) is 34.5 Å². The van der Waals surface area contributed by atoms with Crippen LogP contribution >= 0.6 is 0 Å². The van der Waals surface area contributed by atoms with Gasteiger partial charge in [0.15, 0.2) is 5.76 Å². The van der Waals surface area contributed by atoms with Crippen molar-refractivity contribution in [1.29, 1.82) is 0 Å². The molecule has 152 valence electrons. The first kappa shape index (κ1) is 18.1. The summed E-state index contributed by atoms with van der Waals surface area (Å²) in [6.07, 6.45) is 1.52. The number of Topliss-reactive ketones (excluding diaryl/α,β-unsaturated/α-hetero) is 1. The number of amides is 1. The van der Waals surface area contributed by atoms with Gasteiger partial charge in [-0.25, -0.2) is 0 Å². The third kappa shape index (κ3) is 2.46. The number of carbonyl (C=O) groups excluding carboxylic acids is 2. The second-order valence-corrected chi connectivity index (χ2v) is 7.30. The Balaban J connectivity index is 1.74. The van der Waals surface area contributed by atoms with E-state index < -0.39 is 5.78 Å². The van der Waals surface area contributed by atoms with E-state index in [1.165, 1.54) is 12.1 Å². The number of aromatic nitrogens is 1. The van der Waals surface area contributed by atoms with Crippen LogP contribution in [-0.4, -0.2) is 52.1 Å². The number of fused-ring (bicyclic) bond motifs is 4. The Kier molecular flexibility index (Phi) is 3.79. The van der Waals surface area contributed by atoms with Crippen molar-refractivity contribution in [3.8, 4) is 23.0 Å². The van der Waals surface area contributed by atoms with Gasteiger partial charge in [0.25, 0.3) is 5.91 Å². The number of carbonyl (C=O) groups is 2. The van der Waals surface area contributed by atoms with Crippen LogP contribution in [0.1, 0.15) is 26.4 Å². The van der Waals surface area contributed by atoms with E-state index in [2.05, 4.69) is 0 Å². The monoisotopic (exact) mass is 406 g/mol. The Labute approximate surface area is 171 Å². The second kappa shape index (κ2) is 6.28. The molecular formula is C22H18N2O6. The number of hydrogen-bond donors (Lipinski definition) is 2. The lowest BCUT2D eigenvalue weighted by Gasteiger charge is -2.25. The third-order valence-corrected chi connectivity index (χ3v) is 5.53. The second-order valence-electron chi connectivity index (χ2n) is 7.30. The first-order valence-corrected chi connectivity index (χ1v) is 9.35. The fourth-order valence-corrected chi connectivity index (χ4v) is 4.04. The van der Waals surface area contributed by atoms with Gasteiger partial charge in [0.1, 0.15) is 34.3 Å². The third-order valence-electron chi connectivity index (χ3n) is 5.53. The number of aromatic hydroxyl groups is 2. The van der Waals surface area contributed by atoms with Gasteiger partial charge in [-0.3, -0.25) is 9.59 Å². The number of ether oxygens (including phenoxy) is 2. The van der Waals surface area contributed by atoms with Crippen molar-refractivity contribution in [3.63, 3.8) is 0 Å². The number of benzene rings is 2. The van der Waals surface area contributed by atoms with Crippen molar-refractivity contribution in [1.82, 2.24) is 9.47 Å². The van der Waals surface area contributed by atoms with Gasteiger partial charge in [-0.2, -0.15) is 0 Å². The molecule has 0 spiro atoms. The zero-order chi connectivity index (χ0) is 21.2. The zero-order valence-corrected chi connectivity index (χ0v) is 16.3. The lowest BCUT2D eigenvalue weighted by molar-refractivity contribution is 0.0750. The molecule has 0 aliphatic carbocycles. The Bertz CT molecular complexity index is 1290. The summed E-state index contributed by atoms with van der Waals surface area (Å²) in [6.45, 7) is 1.19. The summed E-state index contributed by atoms with van der Waals surface area (Å²) < 4.78 is 12.9. The summed E-state index contributed by atoms with van der Waals surface area (Å²) in [6, 6.07) is 7.87. The van der Waals surface area contributed by atoms with Crippen molar-refractivity contribution in [3.05, 3.63) is 52.9 Å². The number of phenolic OH excluding ortho intramolecular Hbond substituents is 2. The number of methoxy groups -OCH3 is 1. The molecule has 3 heterocycles. The molecule has 30 heavy (non-hydrogen) atoms. The van der Waals surface area contributed by atoms with Crippen molar-refractivity contribution >= 4 is 28.7 Å². The minimum atomic E-state index is -0.518. The smallest absolute Gasteiger partial charge is 0.270 e. The van der Waals surface area contributed by atoms with Crippen LogP contribution in [0.3, 0.4) is 0 Å². The van der Waals surface area contributed by atoms with Crippen molar-refractivity contribution in [2.45, 2.75) is 6.54 Å². The van der Waals surface area contributed by atoms with Crippen LogP contribution in [0.4, 0.5) is 0 Å². The van der Waals surface area contributed by atoms with Crippen LogP contribution in [0.5, 0.6) is 23.0 Å². The molecule has 0 saturated heterocycles. The Morgan fingerprint density at radius 1 is 1.13 bits per heavy atom. The van der Waals surface area contributed by atoms with E-state index in [1.807, 2.05) is 22.8 Å². The van der Waals surface area contributed by atoms with Crippen LogP contribution in [0.2, 0.25) is 0 Å². The van der Waals surface area contributed by atoms with Gasteiger partial charge in [0.2, 0.25) is 5.78 Å². The molecule has 8 nitrogen and oxygen atoms in total. The van der Waals surface area contributed by atoms with Crippen LogP contribution in [0.25, 0.3) is 17.0 Å². The Morgan fingerprint density at radius 3 is 2.70 bits per heavy atom. The molecule has 1 aromatic heterocycles. The van der Waals surface area contributed by atoms with Gasteiger partial charge in [-0.1, -0.05) is 0 Å². The van der Waals surface area contributed by atoms with Crippen molar-refractivity contribution < 1.29 is 29.3 Å². The van der Waals surface area contributed by atoms with Crippen LogP contribution in [-0.2, 0) is 6.54 Å². The Hall–Kier alpha value is -3.94. The number of hydrogen-bond acceptors (Lipinski definition) is 6. The highest BCUT2D eigenvalue weighted by molar-refractivity contribution is 6.18. The average molecular weight is 406 g/mol. The fraction of sp³-hybridized carbons (Fsp3) is 0.182. The quantitative estimate of drug-likeness (QED) is 0.635. The van der Waals surface area contributed by atoms with Crippen LogP contribution in [0.15, 0.2) is 36.1 Å². The molecule has 2 N–H and O–H groups in total. The highest BCUT2D eigenvalue weighted by Gasteiger charge is 2.34. The largest absolute Gasteiger partial charge is 0.508 e. The molecule has 0 bridgehead atoms. The average Bonchev–Trinajstić information content (AvgIpc) is 3.19. The molecule has 2 aliphatic rings. The fourth-order valence-electron chi connectivity index (χ4n) is 4.04. The molecule has 0 atom stereocenters. The molecule has 3 aromatic rings. The molecular weight excluding hydrogens is 388 g/mol. The highest BCUT2D eigenvalue weighted by Crippen LogP contribution is 2.42. The summed E-state index contributed by atoms with van der Waals surface area (Å²) in [5, 5.41) is 20.5. The van der Waals surface area contributed by atoms with Gasteiger partial charge >= 0.3 is 0 Å². The molecule has 1 amide bonds. The Morgan fingerprint density at radius 2 is 1.93 bits per heavy atom. The summed E-state index contributed by atoms with van der Waals surface area (Å²) in [4.78, 5) is 27.5. The molecule has 0 radical (unpaired) electrons. The maximum absolute atomic E-state index is 13.0. The molecule has 2 aromatic carbocycles. The SMILES string of the molecule is COc1ccc2c(c1)c(/C=C1/Oc3cc(O)cc(O)c3C1=O)c1n2CCN(C)C1=O. The molecule has 5 rings (SSSR count). The molecule has 0 saturated carbocycles. The van der Waals surface area contributed by atoms with Gasteiger partial charge in [0, 0.05) is 48.7 Å². The van der Waals surface area contributed by atoms with E-state index in [0.717, 1.165) is 17.0 Å². The number of allylic oxidation sites excluding steroid dienone is 1. The normalized spacial score (nSPS) is 16.7. The van der Waals surface area contributed by atoms with E-state index >= 15 is 0 Å². The topological polar surface area (TPSA) is 101 Å². The van der Waals surface area contributed by atoms with Gasteiger partial charge < -0.3 is 29.2 Å². The summed E-state index contributed by atoms with van der Waals surface area (Å²) in [5.41, 5.74) is 1.83. The first-order chi connectivity index (χ1) is 14.4. The number of likely N-dealkylation sites (N-methyl/N-ethyl adjacent to an activating group) is 1. The minimum absolute atomic E-state index is 0.0162. The zero-order valence-electron chi connectivity index (χ0n) is 16.3. The molecule has 8 heteroatoms. The molecule has 2 aliphatic heterocycles. The maximum atomic E-state index is 13.0.